The van der Waals surface area contributed by atoms with Gasteiger partial charge in [0.25, 0.3) is 0 Å². The molecule has 4 fully saturated rings. The van der Waals surface area contributed by atoms with Crippen molar-refractivity contribution in [2.45, 2.75) is 78.7 Å². The van der Waals surface area contributed by atoms with Crippen LogP contribution >= 0.6 is 0 Å². The lowest BCUT2D eigenvalue weighted by atomic mass is 9.42. The molecule has 0 aliphatic heterocycles. The second kappa shape index (κ2) is 4.98. The number of rotatable bonds is 5. The molecule has 0 heterocycles. The fraction of sp³-hybridized carbons (Fsp3) is 1.00. The van der Waals surface area contributed by atoms with E-state index in [9.17, 15) is 0 Å². The van der Waals surface area contributed by atoms with Crippen molar-refractivity contribution in [2.24, 2.45) is 40.3 Å². The first-order chi connectivity index (χ1) is 9.36. The molecule has 4 bridgehead atoms. The molecule has 4 aliphatic carbocycles. The van der Waals surface area contributed by atoms with E-state index in [1.54, 1.807) is 0 Å². The van der Waals surface area contributed by atoms with Gasteiger partial charge >= 0.3 is 0 Å². The third-order valence-corrected chi connectivity index (χ3v) is 6.65. The van der Waals surface area contributed by atoms with Gasteiger partial charge in [-0.2, -0.15) is 0 Å². The Morgan fingerprint density at radius 2 is 1.70 bits per heavy atom. The van der Waals surface area contributed by atoms with Crippen molar-refractivity contribution in [3.05, 3.63) is 0 Å². The molecule has 4 rings (SSSR count). The number of hydrazine groups is 1. The Labute approximate surface area is 125 Å². The molecule has 4 unspecified atom stereocenters. The Balaban J connectivity index is 1.83. The molecule has 4 atom stereocenters. The maximum atomic E-state index is 6.06. The summed E-state index contributed by atoms with van der Waals surface area (Å²) in [5, 5.41) is 0. The highest BCUT2D eigenvalue weighted by Gasteiger charge is 2.58. The molecule has 116 valence electrons. The summed E-state index contributed by atoms with van der Waals surface area (Å²) in [7, 11) is 0. The quantitative estimate of drug-likeness (QED) is 0.587. The van der Waals surface area contributed by atoms with Crippen molar-refractivity contribution in [3.8, 4) is 0 Å². The van der Waals surface area contributed by atoms with Crippen molar-refractivity contribution < 1.29 is 0 Å². The first kappa shape index (κ1) is 14.8. The molecular weight excluding hydrogens is 244 g/mol. The third-order valence-electron chi connectivity index (χ3n) is 6.65. The summed E-state index contributed by atoms with van der Waals surface area (Å²) >= 11 is 0. The SMILES string of the molecule is CC(C)CC(C)C(NN)C12CC3CC(CC(C)(C3)C1)C2. The van der Waals surface area contributed by atoms with Crippen LogP contribution in [0.25, 0.3) is 0 Å². The minimum atomic E-state index is 0.502. The number of hydrogen-bond donors (Lipinski definition) is 2. The molecule has 0 amide bonds. The van der Waals surface area contributed by atoms with Crippen LogP contribution in [-0.2, 0) is 0 Å². The van der Waals surface area contributed by atoms with Gasteiger partial charge in [0.15, 0.2) is 0 Å². The fourth-order valence-corrected chi connectivity index (χ4v) is 6.99. The molecule has 2 nitrogen and oxygen atoms in total. The zero-order valence-corrected chi connectivity index (χ0v) is 13.9. The zero-order chi connectivity index (χ0) is 14.5. The monoisotopic (exact) mass is 278 g/mol. The smallest absolute Gasteiger partial charge is 0.0292 e. The normalized spacial score (nSPS) is 45.9. The lowest BCUT2D eigenvalue weighted by Gasteiger charge is -2.64. The van der Waals surface area contributed by atoms with Crippen LogP contribution in [0.2, 0.25) is 0 Å². The standard InChI is InChI=1S/C18H34N2/c1-12(2)5-13(3)16(20-19)18-9-14-6-15(10-18)8-17(4,7-14)11-18/h12-16,20H,5-11,19H2,1-4H3. The summed E-state index contributed by atoms with van der Waals surface area (Å²) in [6.07, 6.45) is 10.1. The van der Waals surface area contributed by atoms with E-state index in [0.717, 1.165) is 17.8 Å². The molecular formula is C18H34N2. The van der Waals surface area contributed by atoms with Gasteiger partial charge in [0, 0.05) is 6.04 Å². The van der Waals surface area contributed by atoms with Gasteiger partial charge in [-0.1, -0.05) is 27.7 Å². The van der Waals surface area contributed by atoms with E-state index in [4.69, 9.17) is 5.84 Å². The predicted octanol–water partition coefficient (Wildman–Crippen LogP) is 4.11. The van der Waals surface area contributed by atoms with Gasteiger partial charge in [-0.25, -0.2) is 0 Å². The summed E-state index contributed by atoms with van der Waals surface area (Å²) < 4.78 is 0. The second-order valence-electron chi connectivity index (χ2n) is 9.39. The zero-order valence-electron chi connectivity index (χ0n) is 13.9. The number of nitrogens with two attached hydrogens (primary N) is 1. The molecule has 0 aromatic rings. The van der Waals surface area contributed by atoms with Gasteiger partial charge < -0.3 is 0 Å². The Morgan fingerprint density at radius 1 is 1.10 bits per heavy atom. The topological polar surface area (TPSA) is 38.0 Å². The summed E-state index contributed by atoms with van der Waals surface area (Å²) in [6, 6.07) is 0.523. The maximum Gasteiger partial charge on any atom is 0.0292 e. The Bertz CT molecular complexity index is 348. The third kappa shape index (κ3) is 2.43. The van der Waals surface area contributed by atoms with Gasteiger partial charge in [-0.15, -0.1) is 0 Å². The van der Waals surface area contributed by atoms with Gasteiger partial charge in [0.2, 0.25) is 0 Å². The van der Waals surface area contributed by atoms with E-state index in [0.29, 0.717) is 22.8 Å². The minimum absolute atomic E-state index is 0.502. The van der Waals surface area contributed by atoms with Crippen LogP contribution in [0.1, 0.15) is 72.6 Å². The summed E-state index contributed by atoms with van der Waals surface area (Å²) in [6.45, 7) is 9.65. The molecule has 0 saturated heterocycles. The largest absolute Gasteiger partial charge is 0.271 e. The maximum absolute atomic E-state index is 6.06. The van der Waals surface area contributed by atoms with Gasteiger partial charge in [0.1, 0.15) is 0 Å². The summed E-state index contributed by atoms with van der Waals surface area (Å²) in [5.74, 6) is 9.51. The van der Waals surface area contributed by atoms with E-state index in [1.807, 2.05) is 0 Å². The van der Waals surface area contributed by atoms with Crippen molar-refractivity contribution in [1.29, 1.82) is 0 Å². The molecule has 0 spiro atoms. The molecule has 0 radical (unpaired) electrons. The molecule has 3 N–H and O–H groups in total. The lowest BCUT2D eigenvalue weighted by Crippen LogP contribution is -2.61. The van der Waals surface area contributed by atoms with Crippen molar-refractivity contribution in [2.75, 3.05) is 0 Å². The Hall–Kier alpha value is -0.0800. The molecule has 20 heavy (non-hydrogen) atoms. The van der Waals surface area contributed by atoms with Crippen LogP contribution in [0.3, 0.4) is 0 Å². The van der Waals surface area contributed by atoms with Gasteiger partial charge in [-0.05, 0) is 79.4 Å². The lowest BCUT2D eigenvalue weighted by molar-refractivity contribution is -0.126. The first-order valence-electron chi connectivity index (χ1n) is 8.82. The highest BCUT2D eigenvalue weighted by molar-refractivity contribution is 5.10. The molecule has 2 heteroatoms. The van der Waals surface area contributed by atoms with Crippen molar-refractivity contribution >= 4 is 0 Å². The van der Waals surface area contributed by atoms with E-state index >= 15 is 0 Å². The number of nitrogens with one attached hydrogen (secondary N) is 1. The minimum Gasteiger partial charge on any atom is -0.271 e. The van der Waals surface area contributed by atoms with Crippen molar-refractivity contribution in [1.82, 2.24) is 5.43 Å². The fourth-order valence-electron chi connectivity index (χ4n) is 6.99. The van der Waals surface area contributed by atoms with E-state index in [1.165, 1.54) is 44.9 Å². The van der Waals surface area contributed by atoms with Crippen LogP contribution in [0.5, 0.6) is 0 Å². The highest BCUT2D eigenvalue weighted by atomic mass is 15.2. The number of hydrogen-bond acceptors (Lipinski definition) is 2. The van der Waals surface area contributed by atoms with Crippen LogP contribution in [0.15, 0.2) is 0 Å². The Morgan fingerprint density at radius 3 is 2.15 bits per heavy atom. The predicted molar refractivity (Wildman–Crippen MR) is 85.0 cm³/mol. The van der Waals surface area contributed by atoms with Gasteiger partial charge in [0.05, 0.1) is 0 Å². The highest BCUT2D eigenvalue weighted by Crippen LogP contribution is 2.66. The molecule has 4 saturated carbocycles. The van der Waals surface area contributed by atoms with E-state index in [2.05, 4.69) is 33.1 Å². The van der Waals surface area contributed by atoms with Crippen LogP contribution in [-0.4, -0.2) is 6.04 Å². The summed E-state index contributed by atoms with van der Waals surface area (Å²) in [5.41, 5.74) is 4.41. The summed E-state index contributed by atoms with van der Waals surface area (Å²) in [4.78, 5) is 0. The van der Waals surface area contributed by atoms with E-state index < -0.39 is 0 Å². The van der Waals surface area contributed by atoms with Crippen LogP contribution in [0, 0.1) is 34.5 Å². The van der Waals surface area contributed by atoms with Crippen LogP contribution < -0.4 is 11.3 Å². The first-order valence-corrected chi connectivity index (χ1v) is 8.82. The van der Waals surface area contributed by atoms with E-state index in [-0.39, 0.29) is 0 Å². The van der Waals surface area contributed by atoms with Crippen LogP contribution in [0.4, 0.5) is 0 Å². The molecule has 0 aromatic carbocycles. The Kier molecular flexibility index (Phi) is 3.70. The van der Waals surface area contributed by atoms with Gasteiger partial charge in [-0.3, -0.25) is 11.3 Å². The molecule has 4 aliphatic rings. The molecule has 0 aromatic heterocycles. The average molecular weight is 278 g/mol. The average Bonchev–Trinajstić information content (AvgIpc) is 2.23. The second-order valence-corrected chi connectivity index (χ2v) is 9.39. The van der Waals surface area contributed by atoms with Crippen molar-refractivity contribution in [3.63, 3.8) is 0 Å².